The molecule has 0 aromatic heterocycles. The van der Waals surface area contributed by atoms with Crippen LogP contribution in [-0.2, 0) is 12.8 Å². The van der Waals surface area contributed by atoms with Gasteiger partial charge in [-0.25, -0.2) is 0 Å². The summed E-state index contributed by atoms with van der Waals surface area (Å²) in [6.45, 7) is 5.17. The summed E-state index contributed by atoms with van der Waals surface area (Å²) in [6, 6.07) is 2.24. The van der Waals surface area contributed by atoms with Crippen LogP contribution in [0.15, 0.2) is 23.6 Å². The minimum Gasteiger partial charge on any atom is -0.494 e. The number of hydrazone groups is 1. The second kappa shape index (κ2) is 8.45. The third kappa shape index (κ3) is 3.96. The predicted octanol–water partition coefficient (Wildman–Crippen LogP) is 1.78. The van der Waals surface area contributed by atoms with Gasteiger partial charge in [-0.3, -0.25) is 5.43 Å². The highest BCUT2D eigenvalue weighted by Gasteiger charge is 2.28. The highest BCUT2D eigenvalue weighted by Crippen LogP contribution is 2.44. The molecule has 2 aliphatic rings. The summed E-state index contributed by atoms with van der Waals surface area (Å²) in [6.07, 6.45) is 8.73. The fourth-order valence-corrected chi connectivity index (χ4v) is 3.98. The van der Waals surface area contributed by atoms with E-state index in [-0.39, 0.29) is 0 Å². The number of nitrogens with zero attached hydrogens (tertiary/aromatic N) is 3. The number of methoxy groups -OCH3 is 1. The lowest BCUT2D eigenvalue weighted by molar-refractivity contribution is -0.557. The molecule has 0 aliphatic carbocycles. The molecule has 2 heterocycles. The molecular formula is C20H32N5O+. The zero-order chi connectivity index (χ0) is 18.5. The van der Waals surface area contributed by atoms with E-state index in [1.165, 1.54) is 42.7 Å². The molecule has 0 saturated carbocycles. The average molecular weight is 359 g/mol. The van der Waals surface area contributed by atoms with E-state index in [1.54, 1.807) is 7.11 Å². The van der Waals surface area contributed by atoms with Gasteiger partial charge in [-0.1, -0.05) is 0 Å². The largest absolute Gasteiger partial charge is 0.494 e. The molecule has 0 atom stereocenters. The number of hydrogen-bond donors (Lipinski definition) is 2. The van der Waals surface area contributed by atoms with Gasteiger partial charge in [0.05, 0.1) is 38.3 Å². The Labute approximate surface area is 156 Å². The lowest BCUT2D eigenvalue weighted by Crippen LogP contribution is -2.72. The summed E-state index contributed by atoms with van der Waals surface area (Å²) in [5.74, 6) is 0.959. The average Bonchev–Trinajstić information content (AvgIpc) is 2.65. The van der Waals surface area contributed by atoms with E-state index in [1.807, 2.05) is 25.5 Å². The molecule has 6 nitrogen and oxygen atoms in total. The maximum absolute atomic E-state index is 5.80. The number of aryl methyl sites for hydroxylation is 1. The first kappa shape index (κ1) is 18.6. The van der Waals surface area contributed by atoms with E-state index in [0.717, 1.165) is 36.5 Å². The maximum Gasteiger partial charge on any atom is 0.149 e. The van der Waals surface area contributed by atoms with Crippen LogP contribution in [-0.4, -0.2) is 51.5 Å². The van der Waals surface area contributed by atoms with Crippen molar-refractivity contribution in [3.05, 3.63) is 29.6 Å². The van der Waals surface area contributed by atoms with E-state index in [9.17, 15) is 0 Å². The monoisotopic (exact) mass is 358 g/mol. The summed E-state index contributed by atoms with van der Waals surface area (Å²) >= 11 is 0. The van der Waals surface area contributed by atoms with Crippen LogP contribution in [0.1, 0.15) is 30.9 Å². The van der Waals surface area contributed by atoms with Gasteiger partial charge in [0.2, 0.25) is 0 Å². The molecule has 6 heteroatoms. The third-order valence-corrected chi connectivity index (χ3v) is 5.06. The molecule has 0 radical (unpaired) electrons. The standard InChI is InChI=1S/C20H31N5O/c1-15(14-24(3)12-9-21-2)22-23-18-13-16-7-5-10-25-11-6-8-17(19(16)25)20(18)26-4/h9,12-13,21,23H,5-8,10-11,14H2,1-4H3/p+1/b12-9-,22-15+. The van der Waals surface area contributed by atoms with Crippen molar-refractivity contribution in [3.8, 4) is 5.75 Å². The fourth-order valence-electron chi connectivity index (χ4n) is 3.98. The smallest absolute Gasteiger partial charge is 0.149 e. The predicted molar refractivity (Wildman–Crippen MR) is 108 cm³/mol. The Kier molecular flexibility index (Phi) is 6.04. The molecule has 0 saturated heterocycles. The summed E-state index contributed by atoms with van der Waals surface area (Å²) in [5.41, 5.74) is 9.50. The second-order valence-corrected chi connectivity index (χ2v) is 7.19. The van der Waals surface area contributed by atoms with E-state index in [4.69, 9.17) is 4.74 Å². The van der Waals surface area contributed by atoms with Crippen LogP contribution in [0.5, 0.6) is 5.75 Å². The van der Waals surface area contributed by atoms with Crippen LogP contribution < -0.4 is 20.4 Å². The molecular weight excluding hydrogens is 326 g/mol. The molecule has 0 unspecified atom stereocenters. The van der Waals surface area contributed by atoms with Gasteiger partial charge in [0.25, 0.3) is 0 Å². The van der Waals surface area contributed by atoms with Crippen LogP contribution in [0.2, 0.25) is 0 Å². The van der Waals surface area contributed by atoms with Crippen molar-refractivity contribution in [2.75, 3.05) is 51.2 Å². The molecule has 1 aromatic carbocycles. The highest BCUT2D eigenvalue weighted by molar-refractivity contribution is 5.85. The number of hydrogen-bond acceptors (Lipinski definition) is 5. The normalized spacial score (nSPS) is 16.6. The number of nitrogens with two attached hydrogens (primary N) is 1. The summed E-state index contributed by atoms with van der Waals surface area (Å²) < 4.78 is 5.80. The Morgan fingerprint density at radius 1 is 1.38 bits per heavy atom. The Morgan fingerprint density at radius 2 is 2.15 bits per heavy atom. The van der Waals surface area contributed by atoms with Crippen LogP contribution in [0.25, 0.3) is 0 Å². The molecule has 0 spiro atoms. The minimum atomic E-state index is 0.783. The van der Waals surface area contributed by atoms with Gasteiger partial charge in [-0.2, -0.15) is 5.10 Å². The Bertz CT molecular complexity index is 696. The molecule has 0 fully saturated rings. The molecule has 2 aliphatic heterocycles. The first-order valence-corrected chi connectivity index (χ1v) is 9.57. The van der Waals surface area contributed by atoms with Gasteiger partial charge in [0.15, 0.2) is 0 Å². The molecule has 0 bridgehead atoms. The topological polar surface area (TPSA) is 56.7 Å². The number of benzene rings is 1. The van der Waals surface area contributed by atoms with Crippen molar-refractivity contribution in [2.24, 2.45) is 5.10 Å². The van der Waals surface area contributed by atoms with Crippen LogP contribution in [0.3, 0.4) is 0 Å². The third-order valence-electron chi connectivity index (χ3n) is 5.06. The maximum atomic E-state index is 5.80. The zero-order valence-corrected chi connectivity index (χ0v) is 16.5. The van der Waals surface area contributed by atoms with Crippen molar-refractivity contribution in [1.82, 2.24) is 4.90 Å². The Hall–Kier alpha value is -2.21. The number of ether oxygens (including phenoxy) is 1. The van der Waals surface area contributed by atoms with Crippen molar-refractivity contribution in [1.29, 1.82) is 0 Å². The lowest BCUT2D eigenvalue weighted by atomic mass is 9.90. The second-order valence-electron chi connectivity index (χ2n) is 7.19. The Morgan fingerprint density at radius 3 is 2.88 bits per heavy atom. The van der Waals surface area contributed by atoms with Gasteiger partial charge < -0.3 is 19.9 Å². The minimum absolute atomic E-state index is 0.783. The van der Waals surface area contributed by atoms with E-state index >= 15 is 0 Å². The van der Waals surface area contributed by atoms with Gasteiger partial charge in [0.1, 0.15) is 11.9 Å². The van der Waals surface area contributed by atoms with Crippen LogP contribution in [0.4, 0.5) is 11.4 Å². The van der Waals surface area contributed by atoms with Crippen molar-refractivity contribution < 1.29 is 10.1 Å². The van der Waals surface area contributed by atoms with E-state index in [2.05, 4.69) is 39.6 Å². The fraction of sp³-hybridized carbons (Fsp3) is 0.550. The first-order chi connectivity index (χ1) is 12.6. The number of anilines is 2. The quantitative estimate of drug-likeness (QED) is 0.576. The molecule has 142 valence electrons. The van der Waals surface area contributed by atoms with Crippen molar-refractivity contribution in [2.45, 2.75) is 32.6 Å². The lowest BCUT2D eigenvalue weighted by Gasteiger charge is -2.38. The van der Waals surface area contributed by atoms with E-state index in [0.29, 0.717) is 0 Å². The zero-order valence-electron chi connectivity index (χ0n) is 16.5. The van der Waals surface area contributed by atoms with E-state index < -0.39 is 0 Å². The van der Waals surface area contributed by atoms with Crippen LogP contribution in [0, 0.1) is 0 Å². The Balaban J connectivity index is 1.82. The molecule has 0 amide bonds. The van der Waals surface area contributed by atoms with Crippen LogP contribution >= 0.6 is 0 Å². The summed E-state index contributed by atoms with van der Waals surface area (Å²) in [5, 5.41) is 6.62. The molecule has 3 rings (SSSR count). The SMILES string of the molecule is C[NH2+]/C=C\N(C)C/C(C)=N/Nc1cc2c3c(c1OC)CCCN3CCC2. The number of quaternary nitrogens is 1. The van der Waals surface area contributed by atoms with Gasteiger partial charge in [-0.15, -0.1) is 0 Å². The summed E-state index contributed by atoms with van der Waals surface area (Å²) in [4.78, 5) is 4.65. The molecule has 1 aromatic rings. The van der Waals surface area contributed by atoms with Crippen molar-refractivity contribution in [3.63, 3.8) is 0 Å². The number of rotatable bonds is 7. The highest BCUT2D eigenvalue weighted by atomic mass is 16.5. The molecule has 3 N–H and O–H groups in total. The van der Waals surface area contributed by atoms with Gasteiger partial charge in [0, 0.05) is 31.4 Å². The summed E-state index contributed by atoms with van der Waals surface area (Å²) in [7, 11) is 5.83. The van der Waals surface area contributed by atoms with Gasteiger partial charge in [-0.05, 0) is 44.2 Å². The van der Waals surface area contributed by atoms with Crippen molar-refractivity contribution >= 4 is 17.1 Å². The number of nitrogens with one attached hydrogen (secondary N) is 1. The van der Waals surface area contributed by atoms with Gasteiger partial charge >= 0.3 is 0 Å². The molecule has 26 heavy (non-hydrogen) atoms. The first-order valence-electron chi connectivity index (χ1n) is 9.57.